The Labute approximate surface area is 106 Å². The third-order valence-electron chi connectivity index (χ3n) is 1.70. The molecule has 1 atom stereocenters. The van der Waals surface area contributed by atoms with Gasteiger partial charge in [-0.25, -0.2) is 0 Å². The molecule has 0 aliphatic carbocycles. The zero-order valence-electron chi connectivity index (χ0n) is 8.17. The number of hydrogen-bond donors (Lipinski definition) is 2. The minimum absolute atomic E-state index is 0. The molecule has 3 nitrogen and oxygen atoms in total. The molecule has 0 aromatic carbocycles. The Hall–Kier alpha value is 0.210. The van der Waals surface area contributed by atoms with E-state index in [9.17, 15) is 18.0 Å². The number of amides is 1. The van der Waals surface area contributed by atoms with E-state index in [1.54, 1.807) is 11.8 Å². The summed E-state index contributed by atoms with van der Waals surface area (Å²) in [5.74, 6) is 1.03. The van der Waals surface area contributed by atoms with Crippen molar-refractivity contribution in [3.05, 3.63) is 0 Å². The highest BCUT2D eigenvalue weighted by molar-refractivity contribution is 8.00. The molecule has 0 aromatic heterocycles. The molecular formula is C7H12ClF3N2OS2. The fourth-order valence-electron chi connectivity index (χ4n) is 1.03. The maximum absolute atomic E-state index is 11.7. The fourth-order valence-corrected chi connectivity index (χ4v) is 2.41. The minimum atomic E-state index is -4.22. The SMILES string of the molecule is Cl.O=C(NCCSC(F)(F)F)[C@H]1CSCN1. The summed E-state index contributed by atoms with van der Waals surface area (Å²) in [5, 5.41) is 5.40. The fraction of sp³-hybridized carbons (Fsp3) is 0.857. The molecule has 1 amide bonds. The summed E-state index contributed by atoms with van der Waals surface area (Å²) in [6.45, 7) is 0.0475. The Morgan fingerprint density at radius 3 is 2.75 bits per heavy atom. The summed E-state index contributed by atoms with van der Waals surface area (Å²) >= 11 is 1.47. The number of alkyl halides is 3. The van der Waals surface area contributed by atoms with Gasteiger partial charge in [0.2, 0.25) is 5.91 Å². The highest BCUT2D eigenvalue weighted by Crippen LogP contribution is 2.29. The summed E-state index contributed by atoms with van der Waals surface area (Å²) in [6, 6.07) is -0.258. The smallest absolute Gasteiger partial charge is 0.354 e. The average Bonchev–Trinajstić information content (AvgIpc) is 2.63. The number of thioether (sulfide) groups is 2. The normalized spacial score (nSPS) is 20.3. The molecule has 1 saturated heterocycles. The molecule has 0 spiro atoms. The van der Waals surface area contributed by atoms with Crippen molar-refractivity contribution in [2.75, 3.05) is 23.9 Å². The van der Waals surface area contributed by atoms with Gasteiger partial charge in [0.05, 0.1) is 6.04 Å². The van der Waals surface area contributed by atoms with Gasteiger partial charge in [0.25, 0.3) is 0 Å². The van der Waals surface area contributed by atoms with E-state index in [0.717, 1.165) is 5.88 Å². The molecular weight excluding hydrogens is 285 g/mol. The molecule has 9 heteroatoms. The predicted molar refractivity (Wildman–Crippen MR) is 63.0 cm³/mol. The quantitative estimate of drug-likeness (QED) is 0.770. The number of carbonyl (C=O) groups excluding carboxylic acids is 1. The van der Waals surface area contributed by atoms with Crippen molar-refractivity contribution < 1.29 is 18.0 Å². The van der Waals surface area contributed by atoms with Gasteiger partial charge in [-0.3, -0.25) is 10.1 Å². The largest absolute Gasteiger partial charge is 0.441 e. The molecule has 0 bridgehead atoms. The molecule has 0 aromatic rings. The van der Waals surface area contributed by atoms with Crippen molar-refractivity contribution >= 4 is 41.8 Å². The Morgan fingerprint density at radius 1 is 1.56 bits per heavy atom. The van der Waals surface area contributed by atoms with Crippen LogP contribution in [0.25, 0.3) is 0 Å². The summed E-state index contributed by atoms with van der Waals surface area (Å²) in [6.07, 6.45) is 0. The third-order valence-corrected chi connectivity index (χ3v) is 3.38. The van der Waals surface area contributed by atoms with Gasteiger partial charge < -0.3 is 5.32 Å². The average molecular weight is 297 g/mol. The highest BCUT2D eigenvalue weighted by atomic mass is 35.5. The zero-order valence-corrected chi connectivity index (χ0v) is 10.6. The molecule has 16 heavy (non-hydrogen) atoms. The van der Waals surface area contributed by atoms with Crippen LogP contribution in [0.15, 0.2) is 0 Å². The lowest BCUT2D eigenvalue weighted by atomic mass is 10.3. The summed E-state index contributed by atoms with van der Waals surface area (Å²) < 4.78 is 35.1. The summed E-state index contributed by atoms with van der Waals surface area (Å²) in [4.78, 5) is 11.3. The first-order valence-corrected chi connectivity index (χ1v) is 6.42. The molecule has 96 valence electrons. The van der Waals surface area contributed by atoms with Crippen LogP contribution in [0, 0.1) is 0 Å². The van der Waals surface area contributed by atoms with Crippen LogP contribution in [0.4, 0.5) is 13.2 Å². The zero-order chi connectivity index (χ0) is 11.3. The van der Waals surface area contributed by atoms with Crippen molar-refractivity contribution in [3.8, 4) is 0 Å². The van der Waals surface area contributed by atoms with Crippen molar-refractivity contribution in [2.24, 2.45) is 0 Å². The van der Waals surface area contributed by atoms with Crippen LogP contribution in [-0.4, -0.2) is 41.4 Å². The van der Waals surface area contributed by atoms with Gasteiger partial charge >= 0.3 is 5.51 Å². The molecule has 1 aliphatic rings. The Balaban J connectivity index is 0.00000225. The summed E-state index contributed by atoms with van der Waals surface area (Å²) in [5.41, 5.74) is -4.22. The van der Waals surface area contributed by atoms with Crippen LogP contribution in [0.2, 0.25) is 0 Å². The lowest BCUT2D eigenvalue weighted by molar-refractivity contribution is -0.122. The second-order valence-electron chi connectivity index (χ2n) is 2.86. The van der Waals surface area contributed by atoms with Gasteiger partial charge in [0.1, 0.15) is 0 Å². The first-order chi connectivity index (χ1) is 6.99. The van der Waals surface area contributed by atoms with Crippen molar-refractivity contribution in [1.82, 2.24) is 10.6 Å². The Kier molecular flexibility index (Phi) is 7.62. The molecule has 1 aliphatic heterocycles. The molecule has 0 radical (unpaired) electrons. The molecule has 2 N–H and O–H groups in total. The van der Waals surface area contributed by atoms with E-state index in [2.05, 4.69) is 10.6 Å². The van der Waals surface area contributed by atoms with Crippen LogP contribution in [0.3, 0.4) is 0 Å². The topological polar surface area (TPSA) is 41.1 Å². The van der Waals surface area contributed by atoms with Crippen molar-refractivity contribution in [1.29, 1.82) is 0 Å². The van der Waals surface area contributed by atoms with Crippen LogP contribution < -0.4 is 10.6 Å². The van der Waals surface area contributed by atoms with Gasteiger partial charge in [-0.1, -0.05) is 0 Å². The lowest BCUT2D eigenvalue weighted by Crippen LogP contribution is -2.42. The molecule has 0 unspecified atom stereocenters. The van der Waals surface area contributed by atoms with E-state index in [1.165, 1.54) is 0 Å². The van der Waals surface area contributed by atoms with E-state index < -0.39 is 5.51 Å². The first kappa shape index (κ1) is 16.2. The van der Waals surface area contributed by atoms with E-state index in [1.807, 2.05) is 0 Å². The third kappa shape index (κ3) is 6.72. The van der Waals surface area contributed by atoms with Gasteiger partial charge in [0, 0.05) is 23.9 Å². The van der Waals surface area contributed by atoms with E-state index >= 15 is 0 Å². The first-order valence-electron chi connectivity index (χ1n) is 4.28. The van der Waals surface area contributed by atoms with Gasteiger partial charge in [-0.2, -0.15) is 13.2 Å². The summed E-state index contributed by atoms with van der Waals surface area (Å²) in [7, 11) is 0. The predicted octanol–water partition coefficient (Wildman–Crippen LogP) is 1.44. The second-order valence-corrected chi connectivity index (χ2v) is 5.05. The minimum Gasteiger partial charge on any atom is -0.354 e. The van der Waals surface area contributed by atoms with Crippen LogP contribution in [0.1, 0.15) is 0 Å². The number of nitrogens with one attached hydrogen (secondary N) is 2. The molecule has 0 saturated carbocycles. The van der Waals surface area contributed by atoms with E-state index in [-0.39, 0.29) is 48.4 Å². The van der Waals surface area contributed by atoms with E-state index in [0.29, 0.717) is 5.75 Å². The van der Waals surface area contributed by atoms with Crippen LogP contribution in [0.5, 0.6) is 0 Å². The number of hydrogen-bond acceptors (Lipinski definition) is 4. The highest BCUT2D eigenvalue weighted by Gasteiger charge is 2.28. The van der Waals surface area contributed by atoms with Gasteiger partial charge in [-0.15, -0.1) is 24.2 Å². The maximum atomic E-state index is 11.7. The molecule has 1 rings (SSSR count). The number of halogens is 4. The molecule has 1 fully saturated rings. The van der Waals surface area contributed by atoms with Crippen LogP contribution in [-0.2, 0) is 4.79 Å². The Morgan fingerprint density at radius 2 is 2.25 bits per heavy atom. The maximum Gasteiger partial charge on any atom is 0.441 e. The van der Waals surface area contributed by atoms with Crippen molar-refractivity contribution in [3.63, 3.8) is 0 Å². The van der Waals surface area contributed by atoms with Crippen molar-refractivity contribution in [2.45, 2.75) is 11.6 Å². The van der Waals surface area contributed by atoms with Gasteiger partial charge in [-0.05, 0) is 11.8 Å². The Bertz CT molecular complexity index is 224. The monoisotopic (exact) mass is 296 g/mol. The van der Waals surface area contributed by atoms with E-state index in [4.69, 9.17) is 0 Å². The number of carbonyl (C=O) groups is 1. The lowest BCUT2D eigenvalue weighted by Gasteiger charge is -2.10. The standard InChI is InChI=1S/C7H11F3N2OS2.ClH/c8-7(9,10)15-2-1-11-6(13)5-3-14-4-12-5;/h5,12H,1-4H2,(H,11,13);1H/t5-;/m1./s1. The van der Waals surface area contributed by atoms with Gasteiger partial charge in [0.15, 0.2) is 0 Å². The van der Waals surface area contributed by atoms with Crippen LogP contribution >= 0.6 is 35.9 Å². The molecule has 1 heterocycles. The second kappa shape index (κ2) is 7.52. The number of rotatable bonds is 4.